The SMILES string of the molecule is C[C@@H](NC(=O)N[C@@H]1CN2CCC1CC2)c1ccccc1. The fraction of sp³-hybridized carbons (Fsp3) is 0.562. The van der Waals surface area contributed by atoms with Crippen LogP contribution in [0.4, 0.5) is 4.79 Å². The summed E-state index contributed by atoms with van der Waals surface area (Å²) in [6.45, 7) is 5.43. The van der Waals surface area contributed by atoms with Crippen molar-refractivity contribution in [3.63, 3.8) is 0 Å². The van der Waals surface area contributed by atoms with Crippen molar-refractivity contribution in [2.75, 3.05) is 19.6 Å². The molecule has 4 rings (SSSR count). The van der Waals surface area contributed by atoms with Gasteiger partial charge < -0.3 is 15.5 Å². The fourth-order valence-electron chi connectivity index (χ4n) is 3.36. The van der Waals surface area contributed by atoms with Gasteiger partial charge in [0.1, 0.15) is 0 Å². The zero-order valence-electron chi connectivity index (χ0n) is 12.0. The predicted octanol–water partition coefficient (Wildman–Crippen LogP) is 2.14. The molecule has 0 aromatic heterocycles. The van der Waals surface area contributed by atoms with Crippen LogP contribution in [0, 0.1) is 5.92 Å². The predicted molar refractivity (Wildman–Crippen MR) is 79.5 cm³/mol. The van der Waals surface area contributed by atoms with Crippen LogP contribution in [0.1, 0.15) is 31.4 Å². The number of nitrogens with zero attached hydrogens (tertiary/aromatic N) is 1. The molecule has 4 nitrogen and oxygen atoms in total. The number of nitrogens with one attached hydrogen (secondary N) is 2. The molecule has 4 heteroatoms. The minimum Gasteiger partial charge on any atom is -0.334 e. The minimum atomic E-state index is -0.0416. The van der Waals surface area contributed by atoms with Crippen LogP contribution >= 0.6 is 0 Å². The Hall–Kier alpha value is -1.55. The number of rotatable bonds is 3. The molecule has 2 atom stereocenters. The molecular formula is C16H23N3O. The number of amides is 2. The lowest BCUT2D eigenvalue weighted by molar-refractivity contribution is 0.0764. The number of carbonyl (C=O) groups is 1. The van der Waals surface area contributed by atoms with E-state index >= 15 is 0 Å². The molecule has 0 aliphatic carbocycles. The first-order chi connectivity index (χ1) is 9.72. The summed E-state index contributed by atoms with van der Waals surface area (Å²) in [5.41, 5.74) is 1.14. The molecule has 0 spiro atoms. The van der Waals surface area contributed by atoms with Gasteiger partial charge in [-0.3, -0.25) is 0 Å². The number of urea groups is 1. The summed E-state index contributed by atoms with van der Waals surface area (Å²) in [7, 11) is 0. The molecule has 3 aliphatic heterocycles. The number of benzene rings is 1. The average Bonchev–Trinajstić information content (AvgIpc) is 2.49. The van der Waals surface area contributed by atoms with Crippen LogP contribution in [-0.2, 0) is 0 Å². The van der Waals surface area contributed by atoms with Gasteiger partial charge in [-0.2, -0.15) is 0 Å². The molecule has 3 fully saturated rings. The number of carbonyl (C=O) groups excluding carboxylic acids is 1. The normalized spacial score (nSPS) is 29.8. The lowest BCUT2D eigenvalue weighted by Crippen LogP contribution is -2.58. The summed E-state index contributed by atoms with van der Waals surface area (Å²) < 4.78 is 0. The summed E-state index contributed by atoms with van der Waals surface area (Å²) in [5, 5.41) is 6.19. The number of piperidine rings is 3. The van der Waals surface area contributed by atoms with E-state index in [9.17, 15) is 4.79 Å². The third-order valence-corrected chi connectivity index (χ3v) is 4.62. The Balaban J connectivity index is 1.52. The van der Waals surface area contributed by atoms with Crippen molar-refractivity contribution in [2.24, 2.45) is 5.92 Å². The molecule has 0 radical (unpaired) electrons. The molecule has 2 bridgehead atoms. The van der Waals surface area contributed by atoms with Gasteiger partial charge in [0.2, 0.25) is 0 Å². The Morgan fingerprint density at radius 3 is 2.55 bits per heavy atom. The highest BCUT2D eigenvalue weighted by Gasteiger charge is 2.34. The molecule has 108 valence electrons. The van der Waals surface area contributed by atoms with Crippen LogP contribution < -0.4 is 10.6 Å². The second-order valence-corrected chi connectivity index (χ2v) is 5.99. The van der Waals surface area contributed by atoms with E-state index in [2.05, 4.69) is 15.5 Å². The monoisotopic (exact) mass is 273 g/mol. The second kappa shape index (κ2) is 5.83. The van der Waals surface area contributed by atoms with E-state index in [0.717, 1.165) is 12.1 Å². The highest BCUT2D eigenvalue weighted by atomic mass is 16.2. The molecule has 2 N–H and O–H groups in total. The van der Waals surface area contributed by atoms with Crippen molar-refractivity contribution < 1.29 is 4.79 Å². The molecule has 2 amide bonds. The van der Waals surface area contributed by atoms with Crippen LogP contribution in [0.15, 0.2) is 30.3 Å². The van der Waals surface area contributed by atoms with Crippen LogP contribution in [0.3, 0.4) is 0 Å². The fourth-order valence-corrected chi connectivity index (χ4v) is 3.36. The first-order valence-corrected chi connectivity index (χ1v) is 7.56. The van der Waals surface area contributed by atoms with Gasteiger partial charge in [0.05, 0.1) is 6.04 Å². The lowest BCUT2D eigenvalue weighted by atomic mass is 9.84. The molecule has 3 aliphatic rings. The van der Waals surface area contributed by atoms with Crippen LogP contribution in [0.2, 0.25) is 0 Å². The number of fused-ring (bicyclic) bond motifs is 3. The summed E-state index contributed by atoms with van der Waals surface area (Å²) in [5.74, 6) is 0.665. The molecular weight excluding hydrogens is 250 g/mol. The summed E-state index contributed by atoms with van der Waals surface area (Å²) in [6.07, 6.45) is 2.44. The van der Waals surface area contributed by atoms with Gasteiger partial charge in [0.15, 0.2) is 0 Å². The third-order valence-electron chi connectivity index (χ3n) is 4.62. The molecule has 3 saturated heterocycles. The zero-order valence-corrected chi connectivity index (χ0v) is 12.0. The first kappa shape index (κ1) is 13.4. The van der Waals surface area contributed by atoms with Gasteiger partial charge in [-0.05, 0) is 44.3 Å². The molecule has 3 heterocycles. The van der Waals surface area contributed by atoms with E-state index in [-0.39, 0.29) is 12.1 Å². The van der Waals surface area contributed by atoms with E-state index in [1.165, 1.54) is 25.9 Å². The molecule has 1 aromatic rings. The number of hydrogen-bond donors (Lipinski definition) is 2. The van der Waals surface area contributed by atoms with Crippen LogP contribution in [0.25, 0.3) is 0 Å². The smallest absolute Gasteiger partial charge is 0.315 e. The Morgan fingerprint density at radius 1 is 1.25 bits per heavy atom. The van der Waals surface area contributed by atoms with Gasteiger partial charge in [0, 0.05) is 12.6 Å². The first-order valence-electron chi connectivity index (χ1n) is 7.56. The number of hydrogen-bond acceptors (Lipinski definition) is 2. The van der Waals surface area contributed by atoms with Crippen LogP contribution in [0.5, 0.6) is 0 Å². The Labute approximate surface area is 120 Å². The quantitative estimate of drug-likeness (QED) is 0.886. The maximum Gasteiger partial charge on any atom is 0.315 e. The largest absolute Gasteiger partial charge is 0.334 e. The van der Waals surface area contributed by atoms with Crippen molar-refractivity contribution in [3.05, 3.63) is 35.9 Å². The molecule has 0 saturated carbocycles. The summed E-state index contributed by atoms with van der Waals surface area (Å²) >= 11 is 0. The lowest BCUT2D eigenvalue weighted by Gasteiger charge is -2.44. The van der Waals surface area contributed by atoms with E-state index in [0.29, 0.717) is 12.0 Å². The van der Waals surface area contributed by atoms with Gasteiger partial charge in [0.25, 0.3) is 0 Å². The van der Waals surface area contributed by atoms with Crippen molar-refractivity contribution >= 4 is 6.03 Å². The van der Waals surface area contributed by atoms with E-state index < -0.39 is 0 Å². The van der Waals surface area contributed by atoms with Gasteiger partial charge in [-0.1, -0.05) is 30.3 Å². The van der Waals surface area contributed by atoms with E-state index in [4.69, 9.17) is 0 Å². The Morgan fingerprint density at radius 2 is 1.95 bits per heavy atom. The summed E-state index contributed by atoms with van der Waals surface area (Å²) in [4.78, 5) is 14.6. The molecule has 20 heavy (non-hydrogen) atoms. The third kappa shape index (κ3) is 2.96. The minimum absolute atomic E-state index is 0.0392. The van der Waals surface area contributed by atoms with E-state index in [1.807, 2.05) is 37.3 Å². The maximum absolute atomic E-state index is 12.1. The second-order valence-electron chi connectivity index (χ2n) is 5.99. The highest BCUT2D eigenvalue weighted by molar-refractivity contribution is 5.74. The highest BCUT2D eigenvalue weighted by Crippen LogP contribution is 2.27. The average molecular weight is 273 g/mol. The van der Waals surface area contributed by atoms with E-state index in [1.54, 1.807) is 0 Å². The standard InChI is InChI=1S/C16H23N3O/c1-12(13-5-3-2-4-6-13)17-16(20)18-15-11-19-9-7-14(15)8-10-19/h2-6,12,14-15H,7-11H2,1H3,(H2,17,18,20)/t12-,15-/m1/s1. The van der Waals surface area contributed by atoms with Gasteiger partial charge >= 0.3 is 6.03 Å². The molecule has 0 unspecified atom stereocenters. The summed E-state index contributed by atoms with van der Waals surface area (Å²) in [6, 6.07) is 10.4. The molecule has 1 aromatic carbocycles. The Bertz CT molecular complexity index is 454. The zero-order chi connectivity index (χ0) is 13.9. The van der Waals surface area contributed by atoms with Crippen molar-refractivity contribution in [3.8, 4) is 0 Å². The maximum atomic E-state index is 12.1. The van der Waals surface area contributed by atoms with Gasteiger partial charge in [-0.25, -0.2) is 4.79 Å². The van der Waals surface area contributed by atoms with Gasteiger partial charge in [-0.15, -0.1) is 0 Å². The Kier molecular flexibility index (Phi) is 3.92. The van der Waals surface area contributed by atoms with Crippen LogP contribution in [-0.4, -0.2) is 36.6 Å². The van der Waals surface area contributed by atoms with Crippen molar-refractivity contribution in [1.82, 2.24) is 15.5 Å². The van der Waals surface area contributed by atoms with Crippen molar-refractivity contribution in [2.45, 2.75) is 31.8 Å². The topological polar surface area (TPSA) is 44.4 Å². The van der Waals surface area contributed by atoms with Crippen molar-refractivity contribution in [1.29, 1.82) is 0 Å².